The van der Waals surface area contributed by atoms with Crippen molar-refractivity contribution in [3.8, 4) is 0 Å². The highest BCUT2D eigenvalue weighted by atomic mass is 35.5. The number of halogens is 1. The van der Waals surface area contributed by atoms with Crippen molar-refractivity contribution in [3.05, 3.63) is 45.0 Å². The Kier molecular flexibility index (Phi) is 7.15. The molecule has 1 unspecified atom stereocenters. The number of amides is 1. The number of hydrogen-bond donors (Lipinski definition) is 1. The van der Waals surface area contributed by atoms with Gasteiger partial charge in [0, 0.05) is 18.2 Å². The van der Waals surface area contributed by atoms with Crippen molar-refractivity contribution < 1.29 is 19.2 Å². The zero-order valence-corrected chi connectivity index (χ0v) is 15.2. The van der Waals surface area contributed by atoms with Gasteiger partial charge in [0.1, 0.15) is 5.02 Å². The van der Waals surface area contributed by atoms with Gasteiger partial charge in [-0.2, -0.15) is 0 Å². The number of rotatable bonds is 6. The van der Waals surface area contributed by atoms with Crippen molar-refractivity contribution in [2.75, 3.05) is 0 Å². The third kappa shape index (κ3) is 5.84. The molecule has 26 heavy (non-hydrogen) atoms. The largest absolute Gasteiger partial charge is 0.449 e. The third-order valence-electron chi connectivity index (χ3n) is 4.19. The summed E-state index contributed by atoms with van der Waals surface area (Å²) in [7, 11) is 0. The lowest BCUT2D eigenvalue weighted by molar-refractivity contribution is -0.384. The first-order chi connectivity index (χ1) is 12.4. The van der Waals surface area contributed by atoms with Crippen molar-refractivity contribution in [3.63, 3.8) is 0 Å². The molecule has 1 aliphatic carbocycles. The summed E-state index contributed by atoms with van der Waals surface area (Å²) in [5.41, 5.74) is 0.180. The molecule has 0 heterocycles. The average molecular weight is 381 g/mol. The summed E-state index contributed by atoms with van der Waals surface area (Å²) in [6.45, 7) is 1.51. The fourth-order valence-corrected chi connectivity index (χ4v) is 2.96. The topological polar surface area (TPSA) is 98.5 Å². The van der Waals surface area contributed by atoms with Crippen LogP contribution in [0.25, 0.3) is 6.08 Å². The summed E-state index contributed by atoms with van der Waals surface area (Å²) >= 11 is 5.74. The highest BCUT2D eigenvalue weighted by Crippen LogP contribution is 2.25. The van der Waals surface area contributed by atoms with E-state index >= 15 is 0 Å². The Hall–Kier alpha value is -2.41. The van der Waals surface area contributed by atoms with E-state index in [2.05, 4.69) is 5.32 Å². The van der Waals surface area contributed by atoms with Gasteiger partial charge in [-0.1, -0.05) is 36.9 Å². The monoisotopic (exact) mass is 380 g/mol. The zero-order chi connectivity index (χ0) is 19.1. The second-order valence-electron chi connectivity index (χ2n) is 6.22. The summed E-state index contributed by atoms with van der Waals surface area (Å²) < 4.78 is 5.08. The number of carbonyl (C=O) groups excluding carboxylic acids is 2. The smallest absolute Gasteiger partial charge is 0.331 e. The predicted molar refractivity (Wildman–Crippen MR) is 97.7 cm³/mol. The van der Waals surface area contributed by atoms with Crippen molar-refractivity contribution in [1.82, 2.24) is 5.32 Å². The molecule has 1 N–H and O–H groups in total. The molecule has 1 aromatic rings. The zero-order valence-electron chi connectivity index (χ0n) is 14.4. The van der Waals surface area contributed by atoms with E-state index in [1.807, 2.05) is 0 Å². The minimum absolute atomic E-state index is 0.0164. The molecule has 0 bridgehead atoms. The molecule has 1 saturated carbocycles. The van der Waals surface area contributed by atoms with Crippen molar-refractivity contribution in [2.45, 2.75) is 51.2 Å². The molecule has 8 heteroatoms. The van der Waals surface area contributed by atoms with E-state index in [0.29, 0.717) is 5.56 Å². The van der Waals surface area contributed by atoms with Gasteiger partial charge in [0.25, 0.3) is 11.6 Å². The molecule has 0 spiro atoms. The molecule has 0 aromatic heterocycles. The minimum Gasteiger partial charge on any atom is -0.449 e. The average Bonchev–Trinajstić information content (AvgIpc) is 2.61. The van der Waals surface area contributed by atoms with Gasteiger partial charge < -0.3 is 10.1 Å². The number of nitro groups is 1. The predicted octanol–water partition coefficient (Wildman–Crippen LogP) is 3.64. The molecular formula is C18H21ClN2O5. The summed E-state index contributed by atoms with van der Waals surface area (Å²) in [5.74, 6) is -1.02. The van der Waals surface area contributed by atoms with Crippen LogP contribution in [0.1, 0.15) is 44.6 Å². The van der Waals surface area contributed by atoms with Gasteiger partial charge in [0.05, 0.1) is 4.92 Å². The molecule has 1 aromatic carbocycles. The van der Waals surface area contributed by atoms with E-state index in [1.165, 1.54) is 31.6 Å². The number of nitrogens with one attached hydrogen (secondary N) is 1. The van der Waals surface area contributed by atoms with Crippen LogP contribution in [0.2, 0.25) is 5.02 Å². The first kappa shape index (κ1) is 19.9. The molecule has 0 saturated heterocycles. The second-order valence-corrected chi connectivity index (χ2v) is 6.63. The van der Waals surface area contributed by atoms with E-state index in [-0.39, 0.29) is 22.7 Å². The normalized spacial score (nSPS) is 16.2. The van der Waals surface area contributed by atoms with E-state index in [0.717, 1.165) is 31.8 Å². The maximum atomic E-state index is 12.1. The Morgan fingerprint density at radius 1 is 1.35 bits per heavy atom. The van der Waals surface area contributed by atoms with Gasteiger partial charge in [-0.3, -0.25) is 14.9 Å². The molecule has 0 aliphatic heterocycles. The number of nitro benzene ring substituents is 1. The molecule has 140 valence electrons. The molecule has 1 aliphatic rings. The van der Waals surface area contributed by atoms with Gasteiger partial charge in [-0.25, -0.2) is 4.79 Å². The molecule has 0 radical (unpaired) electrons. The number of carbonyl (C=O) groups is 2. The van der Waals surface area contributed by atoms with Gasteiger partial charge in [-0.05, 0) is 37.5 Å². The summed E-state index contributed by atoms with van der Waals surface area (Å²) in [5, 5.41) is 13.8. The lowest BCUT2D eigenvalue weighted by Gasteiger charge is -2.24. The third-order valence-corrected chi connectivity index (χ3v) is 4.51. The van der Waals surface area contributed by atoms with E-state index in [1.54, 1.807) is 6.07 Å². The molecule has 2 rings (SSSR count). The van der Waals surface area contributed by atoms with Crippen LogP contribution in [0.4, 0.5) is 5.69 Å². The lowest BCUT2D eigenvalue weighted by Crippen LogP contribution is -2.42. The first-order valence-electron chi connectivity index (χ1n) is 8.50. The Bertz CT molecular complexity index is 714. The number of benzene rings is 1. The van der Waals surface area contributed by atoms with Crippen molar-refractivity contribution in [2.24, 2.45) is 0 Å². The number of ether oxygens (including phenoxy) is 1. The van der Waals surface area contributed by atoms with Crippen LogP contribution in [-0.2, 0) is 14.3 Å². The van der Waals surface area contributed by atoms with Gasteiger partial charge in [0.2, 0.25) is 0 Å². The lowest BCUT2D eigenvalue weighted by atomic mass is 9.95. The standard InChI is InChI=1S/C18H21ClN2O5/c1-12(18(23)20-14-5-3-2-4-6-14)26-17(22)10-8-13-7-9-15(19)16(11-13)21(24)25/h7-12,14H,2-6H2,1H3,(H,20,23)/b10-8+. The van der Waals surface area contributed by atoms with Crippen LogP contribution in [0.5, 0.6) is 0 Å². The van der Waals surface area contributed by atoms with E-state index in [4.69, 9.17) is 16.3 Å². The first-order valence-corrected chi connectivity index (χ1v) is 8.87. The van der Waals surface area contributed by atoms with Crippen LogP contribution in [-0.4, -0.2) is 28.9 Å². The maximum absolute atomic E-state index is 12.1. The van der Waals surface area contributed by atoms with Crippen molar-refractivity contribution >= 4 is 35.2 Å². The van der Waals surface area contributed by atoms with Crippen molar-refractivity contribution in [1.29, 1.82) is 0 Å². The van der Waals surface area contributed by atoms with Gasteiger partial charge in [-0.15, -0.1) is 0 Å². The Labute approximate surface area is 156 Å². The van der Waals surface area contributed by atoms with Crippen LogP contribution < -0.4 is 5.32 Å². The molecule has 1 amide bonds. The summed E-state index contributed by atoms with van der Waals surface area (Å²) in [4.78, 5) is 34.2. The van der Waals surface area contributed by atoms with E-state index in [9.17, 15) is 19.7 Å². The molecule has 1 fully saturated rings. The molecule has 7 nitrogen and oxygen atoms in total. The van der Waals surface area contributed by atoms with Gasteiger partial charge >= 0.3 is 5.97 Å². The fraction of sp³-hybridized carbons (Fsp3) is 0.444. The van der Waals surface area contributed by atoms with Crippen LogP contribution in [0, 0.1) is 10.1 Å². The highest BCUT2D eigenvalue weighted by Gasteiger charge is 2.21. The van der Waals surface area contributed by atoms with Crippen LogP contribution in [0.15, 0.2) is 24.3 Å². The van der Waals surface area contributed by atoms with Crippen LogP contribution in [0.3, 0.4) is 0 Å². The quantitative estimate of drug-likeness (QED) is 0.351. The number of hydrogen-bond acceptors (Lipinski definition) is 5. The van der Waals surface area contributed by atoms with Gasteiger partial charge in [0.15, 0.2) is 6.10 Å². The SMILES string of the molecule is CC(OC(=O)/C=C/c1ccc(Cl)c([N+](=O)[O-])c1)C(=O)NC1CCCCC1. The second kappa shape index (κ2) is 9.33. The van der Waals surface area contributed by atoms with Crippen LogP contribution >= 0.6 is 11.6 Å². The number of nitrogens with zero attached hydrogens (tertiary/aromatic N) is 1. The Balaban J connectivity index is 1.88. The minimum atomic E-state index is -0.909. The number of esters is 1. The Morgan fingerprint density at radius 2 is 2.04 bits per heavy atom. The maximum Gasteiger partial charge on any atom is 0.331 e. The fourth-order valence-electron chi connectivity index (χ4n) is 2.77. The summed E-state index contributed by atoms with van der Waals surface area (Å²) in [6.07, 6.45) is 6.85. The molecular weight excluding hydrogens is 360 g/mol. The molecule has 1 atom stereocenters. The highest BCUT2D eigenvalue weighted by molar-refractivity contribution is 6.32. The Morgan fingerprint density at radius 3 is 2.69 bits per heavy atom. The summed E-state index contributed by atoms with van der Waals surface area (Å²) in [6, 6.07) is 4.32. The van der Waals surface area contributed by atoms with E-state index < -0.39 is 17.0 Å².